The quantitative estimate of drug-likeness (QED) is 0.624. The maximum Gasteiger partial charge on any atom is 0.323 e. The van der Waals surface area contributed by atoms with Crippen LogP contribution in [0.25, 0.3) is 0 Å². The highest BCUT2D eigenvalue weighted by Gasteiger charge is 2.20. The van der Waals surface area contributed by atoms with Gasteiger partial charge in [0, 0.05) is 19.0 Å². The summed E-state index contributed by atoms with van der Waals surface area (Å²) in [6.45, 7) is 4.33. The van der Waals surface area contributed by atoms with Gasteiger partial charge >= 0.3 is 5.97 Å². The van der Waals surface area contributed by atoms with Crippen molar-refractivity contribution in [2.45, 2.75) is 13.8 Å². The number of hydrogen-bond donors (Lipinski definition) is 2. The van der Waals surface area contributed by atoms with Gasteiger partial charge in [-0.3, -0.25) is 9.59 Å². The number of nitrogens with one attached hydrogen (secondary N) is 1. The highest BCUT2D eigenvalue weighted by molar-refractivity contribution is 5.82. The summed E-state index contributed by atoms with van der Waals surface area (Å²) in [5.41, 5.74) is 0. The average molecular weight is 202 g/mol. The molecule has 0 radical (unpaired) electrons. The molecule has 0 aliphatic heterocycles. The van der Waals surface area contributed by atoms with Crippen LogP contribution < -0.4 is 5.32 Å². The van der Waals surface area contributed by atoms with Gasteiger partial charge in [0.1, 0.15) is 6.54 Å². The zero-order chi connectivity index (χ0) is 11.1. The number of carboxylic acids is 1. The fourth-order valence-electron chi connectivity index (χ4n) is 1.21. The van der Waals surface area contributed by atoms with Crippen LogP contribution in [0.5, 0.6) is 0 Å². The van der Waals surface area contributed by atoms with E-state index in [0.29, 0.717) is 13.1 Å². The zero-order valence-corrected chi connectivity index (χ0v) is 8.91. The van der Waals surface area contributed by atoms with Crippen LogP contribution in [0.2, 0.25) is 0 Å². The first kappa shape index (κ1) is 12.9. The van der Waals surface area contributed by atoms with E-state index in [4.69, 9.17) is 5.11 Å². The van der Waals surface area contributed by atoms with E-state index in [1.807, 2.05) is 0 Å². The Balaban J connectivity index is 4.22. The molecule has 0 spiro atoms. The summed E-state index contributed by atoms with van der Waals surface area (Å²) in [6, 6.07) is 0. The molecule has 0 aromatic rings. The molecule has 0 aromatic heterocycles. The largest absolute Gasteiger partial charge is 0.480 e. The third-order valence-corrected chi connectivity index (χ3v) is 1.95. The van der Waals surface area contributed by atoms with E-state index in [1.165, 1.54) is 4.90 Å². The molecule has 5 nitrogen and oxygen atoms in total. The monoisotopic (exact) mass is 202 g/mol. The summed E-state index contributed by atoms with van der Waals surface area (Å²) in [5.74, 6) is -1.28. The van der Waals surface area contributed by atoms with Crippen LogP contribution in [0.3, 0.4) is 0 Å². The molecule has 0 saturated heterocycles. The molecule has 0 saturated carbocycles. The second-order valence-corrected chi connectivity index (χ2v) is 3.20. The summed E-state index contributed by atoms with van der Waals surface area (Å²) in [6.07, 6.45) is 0. The number of carbonyl (C=O) groups is 2. The van der Waals surface area contributed by atoms with Gasteiger partial charge < -0.3 is 15.3 Å². The van der Waals surface area contributed by atoms with Gasteiger partial charge in [0.25, 0.3) is 0 Å². The van der Waals surface area contributed by atoms with E-state index < -0.39 is 5.97 Å². The Morgan fingerprint density at radius 2 is 2.07 bits per heavy atom. The lowest BCUT2D eigenvalue weighted by Gasteiger charge is -2.22. The predicted octanol–water partition coefficient (Wildman–Crippen LogP) is -0.225. The van der Waals surface area contributed by atoms with E-state index in [1.54, 1.807) is 20.9 Å². The van der Waals surface area contributed by atoms with Crippen molar-refractivity contribution in [3.05, 3.63) is 0 Å². The summed E-state index contributed by atoms with van der Waals surface area (Å²) in [4.78, 5) is 23.4. The van der Waals surface area contributed by atoms with Gasteiger partial charge in [-0.2, -0.15) is 0 Å². The molecule has 14 heavy (non-hydrogen) atoms. The van der Waals surface area contributed by atoms with Crippen molar-refractivity contribution in [1.29, 1.82) is 0 Å². The smallest absolute Gasteiger partial charge is 0.323 e. The standard InChI is InChI=1S/C9H18N2O3/c1-4-11(6-8(12)13)9(14)7(2)5-10-3/h7,10H,4-6H2,1-3H3,(H,12,13). The Morgan fingerprint density at radius 1 is 1.50 bits per heavy atom. The van der Waals surface area contributed by atoms with Gasteiger partial charge in [-0.05, 0) is 14.0 Å². The maximum absolute atomic E-state index is 11.6. The fraction of sp³-hybridized carbons (Fsp3) is 0.778. The van der Waals surface area contributed by atoms with Gasteiger partial charge in [-0.15, -0.1) is 0 Å². The molecule has 0 rings (SSSR count). The van der Waals surface area contributed by atoms with Gasteiger partial charge in [-0.25, -0.2) is 0 Å². The lowest BCUT2D eigenvalue weighted by atomic mass is 10.1. The second kappa shape index (κ2) is 6.37. The molecule has 0 aliphatic rings. The average Bonchev–Trinajstić information content (AvgIpc) is 2.13. The van der Waals surface area contributed by atoms with E-state index in [0.717, 1.165) is 0 Å². The molecule has 1 atom stereocenters. The Labute approximate surface area is 84.1 Å². The van der Waals surface area contributed by atoms with Crippen molar-refractivity contribution in [1.82, 2.24) is 10.2 Å². The molecule has 0 aromatic carbocycles. The number of likely N-dealkylation sites (N-methyl/N-ethyl adjacent to an activating group) is 1. The number of rotatable bonds is 6. The summed E-state index contributed by atoms with van der Waals surface area (Å²) in [7, 11) is 1.76. The first-order chi connectivity index (χ1) is 6.52. The minimum Gasteiger partial charge on any atom is -0.480 e. The number of aliphatic carboxylic acids is 1. The lowest BCUT2D eigenvalue weighted by molar-refractivity contribution is -0.145. The number of amides is 1. The number of hydrogen-bond acceptors (Lipinski definition) is 3. The first-order valence-electron chi connectivity index (χ1n) is 4.68. The van der Waals surface area contributed by atoms with Crippen LogP contribution in [0.15, 0.2) is 0 Å². The van der Waals surface area contributed by atoms with Crippen LogP contribution in [-0.4, -0.2) is 48.6 Å². The van der Waals surface area contributed by atoms with Crippen molar-refractivity contribution in [2.24, 2.45) is 5.92 Å². The van der Waals surface area contributed by atoms with E-state index in [-0.39, 0.29) is 18.4 Å². The molecule has 0 heterocycles. The molecule has 1 unspecified atom stereocenters. The third kappa shape index (κ3) is 4.23. The van der Waals surface area contributed by atoms with Crippen LogP contribution in [0.1, 0.15) is 13.8 Å². The molecule has 0 bridgehead atoms. The Hall–Kier alpha value is -1.10. The van der Waals surface area contributed by atoms with Gasteiger partial charge in [-0.1, -0.05) is 6.92 Å². The van der Waals surface area contributed by atoms with E-state index in [2.05, 4.69) is 5.32 Å². The summed E-state index contributed by atoms with van der Waals surface area (Å²) in [5, 5.41) is 11.5. The summed E-state index contributed by atoms with van der Waals surface area (Å²) < 4.78 is 0. The van der Waals surface area contributed by atoms with E-state index >= 15 is 0 Å². The van der Waals surface area contributed by atoms with Crippen molar-refractivity contribution < 1.29 is 14.7 Å². The third-order valence-electron chi connectivity index (χ3n) is 1.95. The van der Waals surface area contributed by atoms with Crippen LogP contribution in [-0.2, 0) is 9.59 Å². The molecule has 2 N–H and O–H groups in total. The highest BCUT2D eigenvalue weighted by Crippen LogP contribution is 2.01. The predicted molar refractivity (Wildman–Crippen MR) is 53.0 cm³/mol. The van der Waals surface area contributed by atoms with Gasteiger partial charge in [0.15, 0.2) is 0 Å². The first-order valence-corrected chi connectivity index (χ1v) is 4.68. The zero-order valence-electron chi connectivity index (χ0n) is 8.91. The normalized spacial score (nSPS) is 12.2. The SMILES string of the molecule is CCN(CC(=O)O)C(=O)C(C)CNC. The van der Waals surface area contributed by atoms with Gasteiger partial charge in [0.05, 0.1) is 0 Å². The number of carboxylic acid groups (broad SMARTS) is 1. The van der Waals surface area contributed by atoms with Crippen molar-refractivity contribution in [3.63, 3.8) is 0 Å². The number of nitrogens with zero attached hydrogens (tertiary/aromatic N) is 1. The second-order valence-electron chi connectivity index (χ2n) is 3.20. The lowest BCUT2D eigenvalue weighted by Crippen LogP contribution is -2.41. The molecular weight excluding hydrogens is 184 g/mol. The summed E-state index contributed by atoms with van der Waals surface area (Å²) >= 11 is 0. The van der Waals surface area contributed by atoms with Gasteiger partial charge in [0.2, 0.25) is 5.91 Å². The number of carbonyl (C=O) groups excluding carboxylic acids is 1. The fourth-order valence-corrected chi connectivity index (χ4v) is 1.21. The molecule has 82 valence electrons. The Kier molecular flexibility index (Phi) is 5.87. The maximum atomic E-state index is 11.6. The van der Waals surface area contributed by atoms with Crippen molar-refractivity contribution in [3.8, 4) is 0 Å². The highest BCUT2D eigenvalue weighted by atomic mass is 16.4. The molecular formula is C9H18N2O3. The minimum atomic E-state index is -0.975. The van der Waals surface area contributed by atoms with Crippen molar-refractivity contribution >= 4 is 11.9 Å². The van der Waals surface area contributed by atoms with E-state index in [9.17, 15) is 9.59 Å². The van der Waals surface area contributed by atoms with Crippen molar-refractivity contribution in [2.75, 3.05) is 26.7 Å². The molecule has 5 heteroatoms. The van der Waals surface area contributed by atoms with Crippen LogP contribution in [0.4, 0.5) is 0 Å². The molecule has 1 amide bonds. The Morgan fingerprint density at radius 3 is 2.43 bits per heavy atom. The minimum absolute atomic E-state index is 0.121. The Bertz CT molecular complexity index is 206. The van der Waals surface area contributed by atoms with Crippen LogP contribution in [0, 0.1) is 5.92 Å². The molecule has 0 fully saturated rings. The molecule has 0 aliphatic carbocycles. The topological polar surface area (TPSA) is 69.6 Å². The van der Waals surface area contributed by atoms with Crippen LogP contribution >= 0.6 is 0 Å².